The van der Waals surface area contributed by atoms with Gasteiger partial charge in [-0.3, -0.25) is 5.43 Å². The molecule has 0 spiro atoms. The summed E-state index contributed by atoms with van der Waals surface area (Å²) in [5.41, 5.74) is 2.64. The van der Waals surface area contributed by atoms with E-state index in [0.29, 0.717) is 12.5 Å². The molecule has 0 unspecified atom stereocenters. The number of aliphatic imine (C=N–C) groups is 1. The van der Waals surface area contributed by atoms with Crippen LogP contribution in [0, 0.1) is 0 Å². The second kappa shape index (κ2) is 4.48. The zero-order valence-electron chi connectivity index (χ0n) is 9.59. The fourth-order valence-electron chi connectivity index (χ4n) is 1.70. The predicted molar refractivity (Wildman–Crippen MR) is 60.3 cm³/mol. The van der Waals surface area contributed by atoms with Crippen LogP contribution in [0.2, 0.25) is 0 Å². The van der Waals surface area contributed by atoms with E-state index in [2.05, 4.69) is 25.5 Å². The zero-order chi connectivity index (χ0) is 11.5. The fraction of sp³-hybridized carbons (Fsp3) is 0.667. The van der Waals surface area contributed by atoms with Crippen LogP contribution in [0.15, 0.2) is 11.3 Å². The molecule has 88 valence electrons. The van der Waals surface area contributed by atoms with Crippen molar-refractivity contribution in [2.24, 2.45) is 10.8 Å². The molecular formula is C9H17N7. The molecule has 1 aromatic heterocycles. The molecule has 0 atom stereocenters. The first-order valence-corrected chi connectivity index (χ1v) is 5.36. The third kappa shape index (κ3) is 2.13. The van der Waals surface area contributed by atoms with Crippen molar-refractivity contribution in [3.05, 3.63) is 12.2 Å². The summed E-state index contributed by atoms with van der Waals surface area (Å²) in [7, 11) is 0. The third-order valence-corrected chi connectivity index (χ3v) is 2.45. The third-order valence-electron chi connectivity index (χ3n) is 2.45. The number of hydrogen-bond acceptors (Lipinski definition) is 4. The highest BCUT2D eigenvalue weighted by Crippen LogP contribution is 2.09. The van der Waals surface area contributed by atoms with Crippen molar-refractivity contribution in [1.82, 2.24) is 25.1 Å². The van der Waals surface area contributed by atoms with Crippen LogP contribution < -0.4 is 11.3 Å². The Bertz CT molecular complexity index is 381. The van der Waals surface area contributed by atoms with Crippen LogP contribution in [0.3, 0.4) is 0 Å². The molecule has 0 saturated heterocycles. The Morgan fingerprint density at radius 3 is 3.06 bits per heavy atom. The standard InChI is InChI=1S/C9H17N7/c1-7(2)12-9(13-10)15-3-4-16-6-11-14-8(16)5-15/h6-7H,3-5,10H2,1-2H3,(H,12,13). The minimum Gasteiger partial charge on any atom is -0.333 e. The zero-order valence-corrected chi connectivity index (χ0v) is 9.59. The van der Waals surface area contributed by atoms with Gasteiger partial charge in [0, 0.05) is 19.1 Å². The van der Waals surface area contributed by atoms with Crippen LogP contribution in [0.1, 0.15) is 19.7 Å². The first-order valence-electron chi connectivity index (χ1n) is 5.36. The average Bonchev–Trinajstić information content (AvgIpc) is 2.72. The number of nitrogens with one attached hydrogen (secondary N) is 1. The summed E-state index contributed by atoms with van der Waals surface area (Å²) in [6.07, 6.45) is 1.75. The maximum atomic E-state index is 5.48. The number of aromatic nitrogens is 3. The van der Waals surface area contributed by atoms with Crippen LogP contribution in [-0.2, 0) is 13.1 Å². The SMILES string of the molecule is CC(C)N=C(NN)N1CCn2cnnc2C1. The molecule has 0 aliphatic carbocycles. The van der Waals surface area contributed by atoms with Gasteiger partial charge in [-0.2, -0.15) is 0 Å². The second-order valence-corrected chi connectivity index (χ2v) is 4.05. The smallest absolute Gasteiger partial charge is 0.209 e. The van der Waals surface area contributed by atoms with Crippen LogP contribution in [-0.4, -0.2) is 38.2 Å². The second-order valence-electron chi connectivity index (χ2n) is 4.05. The van der Waals surface area contributed by atoms with Crippen molar-refractivity contribution in [2.75, 3.05) is 6.54 Å². The van der Waals surface area contributed by atoms with Crippen LogP contribution in [0.5, 0.6) is 0 Å². The van der Waals surface area contributed by atoms with Crippen molar-refractivity contribution in [3.8, 4) is 0 Å². The van der Waals surface area contributed by atoms with Gasteiger partial charge in [-0.15, -0.1) is 10.2 Å². The molecule has 2 heterocycles. The molecule has 0 saturated carbocycles. The van der Waals surface area contributed by atoms with Gasteiger partial charge in [0.15, 0.2) is 5.82 Å². The van der Waals surface area contributed by atoms with Crippen molar-refractivity contribution in [2.45, 2.75) is 33.0 Å². The van der Waals surface area contributed by atoms with Gasteiger partial charge in [-0.1, -0.05) is 0 Å². The Morgan fingerprint density at radius 2 is 2.38 bits per heavy atom. The molecule has 0 aromatic carbocycles. The molecule has 16 heavy (non-hydrogen) atoms. The number of nitrogens with zero attached hydrogens (tertiary/aromatic N) is 5. The van der Waals surface area contributed by atoms with Gasteiger partial charge >= 0.3 is 0 Å². The summed E-state index contributed by atoms with van der Waals surface area (Å²) in [6.45, 7) is 6.45. The molecule has 0 amide bonds. The number of hydrazine groups is 1. The molecule has 1 aliphatic heterocycles. The lowest BCUT2D eigenvalue weighted by atomic mass is 10.3. The molecule has 0 fully saturated rings. The van der Waals surface area contributed by atoms with E-state index in [9.17, 15) is 0 Å². The van der Waals surface area contributed by atoms with Crippen LogP contribution in [0.25, 0.3) is 0 Å². The summed E-state index contributed by atoms with van der Waals surface area (Å²) in [6, 6.07) is 0.214. The first kappa shape index (κ1) is 10.9. The van der Waals surface area contributed by atoms with Gasteiger partial charge in [-0.05, 0) is 13.8 Å². The maximum absolute atomic E-state index is 5.48. The van der Waals surface area contributed by atoms with Crippen molar-refractivity contribution in [3.63, 3.8) is 0 Å². The Kier molecular flexibility index (Phi) is 3.04. The molecule has 7 nitrogen and oxygen atoms in total. The highest BCUT2D eigenvalue weighted by molar-refractivity contribution is 5.79. The molecule has 1 aliphatic rings. The minimum atomic E-state index is 0.214. The Labute approximate surface area is 94.3 Å². The molecule has 2 rings (SSSR count). The number of guanidine groups is 1. The van der Waals surface area contributed by atoms with Gasteiger partial charge < -0.3 is 9.47 Å². The first-order chi connectivity index (χ1) is 7.70. The Morgan fingerprint density at radius 1 is 1.56 bits per heavy atom. The van der Waals surface area contributed by atoms with Crippen LogP contribution >= 0.6 is 0 Å². The van der Waals surface area contributed by atoms with Gasteiger partial charge in [0.25, 0.3) is 0 Å². The summed E-state index contributed by atoms with van der Waals surface area (Å²) in [5, 5.41) is 7.93. The van der Waals surface area contributed by atoms with E-state index in [1.54, 1.807) is 6.33 Å². The van der Waals surface area contributed by atoms with Crippen molar-refractivity contribution >= 4 is 5.96 Å². The number of rotatable bonds is 1. The fourth-order valence-corrected chi connectivity index (χ4v) is 1.70. The van der Waals surface area contributed by atoms with E-state index in [1.807, 2.05) is 18.4 Å². The van der Waals surface area contributed by atoms with Gasteiger partial charge in [0.2, 0.25) is 5.96 Å². The normalized spacial score (nSPS) is 16.5. The van der Waals surface area contributed by atoms with Crippen molar-refractivity contribution in [1.29, 1.82) is 0 Å². The number of hydrogen-bond donors (Lipinski definition) is 2. The monoisotopic (exact) mass is 223 g/mol. The quantitative estimate of drug-likeness (QED) is 0.285. The number of nitrogens with two attached hydrogens (primary N) is 1. The highest BCUT2D eigenvalue weighted by Gasteiger charge is 2.19. The molecular weight excluding hydrogens is 206 g/mol. The van der Waals surface area contributed by atoms with Gasteiger partial charge in [0.1, 0.15) is 6.33 Å². The number of fused-ring (bicyclic) bond motifs is 1. The topological polar surface area (TPSA) is 84.4 Å². The lowest BCUT2D eigenvalue weighted by Gasteiger charge is -2.29. The molecule has 0 bridgehead atoms. The van der Waals surface area contributed by atoms with E-state index in [1.165, 1.54) is 0 Å². The molecule has 1 aromatic rings. The predicted octanol–water partition coefficient (Wildman–Crippen LogP) is -0.679. The maximum Gasteiger partial charge on any atom is 0.209 e. The van der Waals surface area contributed by atoms with E-state index >= 15 is 0 Å². The Hall–Kier alpha value is -1.63. The summed E-state index contributed by atoms with van der Waals surface area (Å²) in [5.74, 6) is 7.14. The lowest BCUT2D eigenvalue weighted by molar-refractivity contribution is 0.318. The largest absolute Gasteiger partial charge is 0.333 e. The van der Waals surface area contributed by atoms with E-state index < -0.39 is 0 Å². The van der Waals surface area contributed by atoms with E-state index in [0.717, 1.165) is 18.9 Å². The van der Waals surface area contributed by atoms with Crippen LogP contribution in [0.4, 0.5) is 0 Å². The van der Waals surface area contributed by atoms with Gasteiger partial charge in [-0.25, -0.2) is 10.8 Å². The molecule has 7 heteroatoms. The summed E-state index contributed by atoms with van der Waals surface area (Å²) < 4.78 is 2.04. The van der Waals surface area contributed by atoms with Gasteiger partial charge in [0.05, 0.1) is 6.54 Å². The molecule has 3 N–H and O–H groups in total. The summed E-state index contributed by atoms with van der Waals surface area (Å²) in [4.78, 5) is 6.50. The molecule has 0 radical (unpaired) electrons. The van der Waals surface area contributed by atoms with E-state index in [-0.39, 0.29) is 6.04 Å². The average molecular weight is 223 g/mol. The van der Waals surface area contributed by atoms with E-state index in [4.69, 9.17) is 5.84 Å². The highest BCUT2D eigenvalue weighted by atomic mass is 15.4. The lowest BCUT2D eigenvalue weighted by Crippen LogP contribution is -2.48. The summed E-state index contributed by atoms with van der Waals surface area (Å²) >= 11 is 0. The minimum absolute atomic E-state index is 0.214. The Balaban J connectivity index is 2.13. The van der Waals surface area contributed by atoms with Crippen molar-refractivity contribution < 1.29 is 0 Å².